The van der Waals surface area contributed by atoms with E-state index in [0.29, 0.717) is 29.5 Å². The third kappa shape index (κ3) is 5.70. The Bertz CT molecular complexity index is 759. The molecule has 2 N–H and O–H groups in total. The van der Waals surface area contributed by atoms with Crippen LogP contribution in [-0.4, -0.2) is 32.1 Å². The zero-order valence-corrected chi connectivity index (χ0v) is 15.0. The van der Waals surface area contributed by atoms with Crippen LogP contribution >= 0.6 is 0 Å². The number of carbonyl (C=O) groups excluding carboxylic acids is 2. The molecule has 0 bridgehead atoms. The van der Waals surface area contributed by atoms with E-state index < -0.39 is 0 Å². The molecule has 138 valence electrons. The molecule has 0 heterocycles. The lowest BCUT2D eigenvalue weighted by atomic mass is 10.2. The average Bonchev–Trinajstić information content (AvgIpc) is 2.61. The second-order valence-corrected chi connectivity index (χ2v) is 5.34. The molecule has 0 saturated carbocycles. The Morgan fingerprint density at radius 3 is 2.19 bits per heavy atom. The van der Waals surface area contributed by atoms with Crippen molar-refractivity contribution >= 4 is 23.2 Å². The molecule has 0 aliphatic carbocycles. The summed E-state index contributed by atoms with van der Waals surface area (Å²) < 4.78 is 16.0. The lowest BCUT2D eigenvalue weighted by Gasteiger charge is -2.13. The van der Waals surface area contributed by atoms with Crippen molar-refractivity contribution in [3.8, 4) is 17.2 Å². The van der Waals surface area contributed by atoms with E-state index >= 15 is 0 Å². The molecule has 0 unspecified atom stereocenters. The molecule has 2 rings (SSSR count). The zero-order valence-electron chi connectivity index (χ0n) is 15.0. The van der Waals surface area contributed by atoms with Crippen LogP contribution < -0.4 is 24.8 Å². The van der Waals surface area contributed by atoms with Crippen molar-refractivity contribution in [1.29, 1.82) is 0 Å². The van der Waals surface area contributed by atoms with Gasteiger partial charge >= 0.3 is 0 Å². The summed E-state index contributed by atoms with van der Waals surface area (Å²) in [6, 6.07) is 12.0. The molecule has 0 aromatic heterocycles. The van der Waals surface area contributed by atoms with Gasteiger partial charge in [-0.05, 0) is 49.4 Å². The number of amides is 2. The van der Waals surface area contributed by atoms with E-state index in [1.54, 1.807) is 42.5 Å². The van der Waals surface area contributed by atoms with E-state index in [4.69, 9.17) is 14.2 Å². The van der Waals surface area contributed by atoms with Crippen molar-refractivity contribution in [1.82, 2.24) is 0 Å². The number of methoxy groups -OCH3 is 1. The molecule has 0 aliphatic heterocycles. The molecular formula is C19H22N2O5. The number of anilines is 2. The molecule has 0 aliphatic rings. The van der Waals surface area contributed by atoms with Gasteiger partial charge in [-0.2, -0.15) is 0 Å². The minimum absolute atomic E-state index is 0.165. The van der Waals surface area contributed by atoms with Crippen LogP contribution in [0, 0.1) is 0 Å². The topological polar surface area (TPSA) is 85.9 Å². The molecule has 26 heavy (non-hydrogen) atoms. The molecule has 0 atom stereocenters. The molecule has 7 nitrogen and oxygen atoms in total. The molecule has 0 saturated heterocycles. The first kappa shape index (κ1) is 19.1. The highest BCUT2D eigenvalue weighted by molar-refractivity contribution is 5.95. The molecule has 2 amide bonds. The predicted octanol–water partition coefficient (Wildman–Crippen LogP) is 3.07. The molecule has 0 spiro atoms. The Kier molecular flexibility index (Phi) is 6.84. The summed E-state index contributed by atoms with van der Waals surface area (Å²) in [5.74, 6) is 1.23. The first-order chi connectivity index (χ1) is 12.5. The molecule has 2 aromatic rings. The summed E-state index contributed by atoms with van der Waals surface area (Å²) in [5, 5.41) is 5.37. The minimum Gasteiger partial charge on any atom is -0.495 e. The highest BCUT2D eigenvalue weighted by atomic mass is 16.5. The van der Waals surface area contributed by atoms with Crippen LogP contribution in [0.5, 0.6) is 17.2 Å². The second kappa shape index (κ2) is 9.31. The monoisotopic (exact) mass is 358 g/mol. The quantitative estimate of drug-likeness (QED) is 0.757. The maximum Gasteiger partial charge on any atom is 0.262 e. The molecular weight excluding hydrogens is 336 g/mol. The van der Waals surface area contributed by atoms with Crippen LogP contribution in [0.3, 0.4) is 0 Å². The fourth-order valence-corrected chi connectivity index (χ4v) is 2.22. The lowest BCUT2D eigenvalue weighted by Crippen LogP contribution is -2.20. The number of carbonyl (C=O) groups is 2. The van der Waals surface area contributed by atoms with Gasteiger partial charge in [0.1, 0.15) is 17.2 Å². The van der Waals surface area contributed by atoms with Crippen LogP contribution in [0.2, 0.25) is 0 Å². The van der Waals surface area contributed by atoms with Crippen molar-refractivity contribution in [3.63, 3.8) is 0 Å². The molecule has 7 heteroatoms. The van der Waals surface area contributed by atoms with Crippen molar-refractivity contribution in [2.45, 2.75) is 13.8 Å². The van der Waals surface area contributed by atoms with Gasteiger partial charge in [0, 0.05) is 12.6 Å². The van der Waals surface area contributed by atoms with Crippen LogP contribution in [-0.2, 0) is 9.59 Å². The van der Waals surface area contributed by atoms with E-state index in [1.807, 2.05) is 6.92 Å². The number of hydrogen-bond donors (Lipinski definition) is 2. The summed E-state index contributed by atoms with van der Waals surface area (Å²) in [4.78, 5) is 23.3. The first-order valence-electron chi connectivity index (χ1n) is 8.13. The van der Waals surface area contributed by atoms with Gasteiger partial charge in [-0.1, -0.05) is 0 Å². The fraction of sp³-hybridized carbons (Fsp3) is 0.263. The highest BCUT2D eigenvalue weighted by Crippen LogP contribution is 2.28. The summed E-state index contributed by atoms with van der Waals surface area (Å²) in [6.07, 6.45) is 0. The maximum atomic E-state index is 12.2. The average molecular weight is 358 g/mol. The first-order valence-corrected chi connectivity index (χ1v) is 8.13. The lowest BCUT2D eigenvalue weighted by molar-refractivity contribution is -0.118. The molecule has 2 aromatic carbocycles. The molecule has 0 fully saturated rings. The van der Waals surface area contributed by atoms with Crippen molar-refractivity contribution in [3.05, 3.63) is 42.5 Å². The summed E-state index contributed by atoms with van der Waals surface area (Å²) in [6.45, 7) is 3.74. The number of hydrogen-bond acceptors (Lipinski definition) is 5. The van der Waals surface area contributed by atoms with Gasteiger partial charge in [0.05, 0.1) is 19.4 Å². The van der Waals surface area contributed by atoms with Crippen LogP contribution in [0.25, 0.3) is 0 Å². The van der Waals surface area contributed by atoms with Gasteiger partial charge in [-0.15, -0.1) is 0 Å². The van der Waals surface area contributed by atoms with Crippen molar-refractivity contribution < 1.29 is 23.8 Å². The number of ether oxygens (including phenoxy) is 3. The third-order valence-electron chi connectivity index (χ3n) is 3.30. The predicted molar refractivity (Wildman–Crippen MR) is 99.0 cm³/mol. The largest absolute Gasteiger partial charge is 0.495 e. The zero-order chi connectivity index (χ0) is 18.9. The second-order valence-electron chi connectivity index (χ2n) is 5.34. The number of nitrogens with one attached hydrogen (secondary N) is 2. The Morgan fingerprint density at radius 2 is 1.62 bits per heavy atom. The van der Waals surface area contributed by atoms with Gasteiger partial charge in [0.2, 0.25) is 5.91 Å². The van der Waals surface area contributed by atoms with Crippen molar-refractivity contribution in [2.24, 2.45) is 0 Å². The summed E-state index contributed by atoms with van der Waals surface area (Å²) in [7, 11) is 1.50. The number of rotatable bonds is 8. The smallest absolute Gasteiger partial charge is 0.262 e. The Morgan fingerprint density at radius 1 is 0.962 bits per heavy atom. The normalized spacial score (nSPS) is 9.96. The van der Waals surface area contributed by atoms with Crippen LogP contribution in [0.1, 0.15) is 13.8 Å². The van der Waals surface area contributed by atoms with Crippen LogP contribution in [0.4, 0.5) is 11.4 Å². The SMILES string of the molecule is CCOc1ccc(OCC(=O)Nc2cc(NC(C)=O)ccc2OC)cc1. The standard InChI is InChI=1S/C19H22N2O5/c1-4-25-15-6-8-16(9-7-15)26-12-19(23)21-17-11-14(20-13(2)22)5-10-18(17)24-3/h5-11H,4,12H2,1-3H3,(H,20,22)(H,21,23). The van der Waals surface area contributed by atoms with Gasteiger partial charge in [0.15, 0.2) is 6.61 Å². The van der Waals surface area contributed by atoms with Gasteiger partial charge < -0.3 is 24.8 Å². The van der Waals surface area contributed by atoms with E-state index in [1.165, 1.54) is 14.0 Å². The summed E-state index contributed by atoms with van der Waals surface area (Å²) in [5.41, 5.74) is 1.00. The Hall–Kier alpha value is -3.22. The Labute approximate surface area is 152 Å². The van der Waals surface area contributed by atoms with E-state index in [2.05, 4.69) is 10.6 Å². The van der Waals surface area contributed by atoms with Gasteiger partial charge in [-0.3, -0.25) is 9.59 Å². The van der Waals surface area contributed by atoms with Gasteiger partial charge in [-0.25, -0.2) is 0 Å². The summed E-state index contributed by atoms with van der Waals surface area (Å²) >= 11 is 0. The highest BCUT2D eigenvalue weighted by Gasteiger charge is 2.10. The minimum atomic E-state index is -0.350. The number of benzene rings is 2. The van der Waals surface area contributed by atoms with E-state index in [0.717, 1.165) is 5.75 Å². The molecule has 0 radical (unpaired) electrons. The van der Waals surface area contributed by atoms with E-state index in [-0.39, 0.29) is 18.4 Å². The van der Waals surface area contributed by atoms with Gasteiger partial charge in [0.25, 0.3) is 5.91 Å². The third-order valence-corrected chi connectivity index (χ3v) is 3.30. The maximum absolute atomic E-state index is 12.2. The van der Waals surface area contributed by atoms with Crippen LogP contribution in [0.15, 0.2) is 42.5 Å². The Balaban J connectivity index is 1.96. The fourth-order valence-electron chi connectivity index (χ4n) is 2.22. The van der Waals surface area contributed by atoms with Crippen molar-refractivity contribution in [2.75, 3.05) is 31.0 Å². The van der Waals surface area contributed by atoms with E-state index in [9.17, 15) is 9.59 Å².